The molecule has 130 valence electrons. The summed E-state index contributed by atoms with van der Waals surface area (Å²) in [5.74, 6) is -0.420. The van der Waals surface area contributed by atoms with Crippen molar-refractivity contribution in [3.63, 3.8) is 0 Å². The second kappa shape index (κ2) is 8.77. The van der Waals surface area contributed by atoms with Gasteiger partial charge in [-0.3, -0.25) is 4.79 Å². The van der Waals surface area contributed by atoms with Crippen molar-refractivity contribution in [3.05, 3.63) is 57.6 Å². The lowest BCUT2D eigenvalue weighted by Crippen LogP contribution is -2.13. The number of carbonyl (C=O) groups excluding carboxylic acids is 1. The lowest BCUT2D eigenvalue weighted by Gasteiger charge is -2.08. The van der Waals surface area contributed by atoms with Gasteiger partial charge in [-0.1, -0.05) is 23.2 Å². The maximum absolute atomic E-state index is 12.2. The summed E-state index contributed by atoms with van der Waals surface area (Å²) >= 11 is 12.1. The third kappa shape index (κ3) is 4.90. The molecule has 6 nitrogen and oxygen atoms in total. The minimum Gasteiger partial charge on any atom is -0.508 e. The number of ether oxygens (including phenoxy) is 1. The fourth-order valence-corrected chi connectivity index (χ4v) is 2.58. The van der Waals surface area contributed by atoms with E-state index in [1.165, 1.54) is 42.5 Å². The Bertz CT molecular complexity index is 919. The van der Waals surface area contributed by atoms with Crippen molar-refractivity contribution in [1.82, 2.24) is 0 Å². The second-order valence-corrected chi connectivity index (χ2v) is 5.75. The number of benzene rings is 2. The smallest absolute Gasteiger partial charge is 0.266 e. The number of hydrogen-bond donors (Lipinski definition) is 2. The van der Waals surface area contributed by atoms with Gasteiger partial charge in [0, 0.05) is 5.69 Å². The summed E-state index contributed by atoms with van der Waals surface area (Å²) in [6.45, 7) is -0.215. The summed E-state index contributed by atoms with van der Waals surface area (Å²) in [5, 5.41) is 29.9. The highest BCUT2D eigenvalue weighted by molar-refractivity contribution is 6.37. The number of carbonyl (C=O) groups is 1. The highest BCUT2D eigenvalue weighted by Gasteiger charge is 2.13. The number of aromatic hydroxyl groups is 1. The molecule has 0 aliphatic heterocycles. The number of phenolic OH excluding ortho intramolecular Hbond substituents is 1. The first-order valence-electron chi connectivity index (χ1n) is 7.15. The zero-order chi connectivity index (χ0) is 19.1. The number of halogens is 2. The van der Waals surface area contributed by atoms with Gasteiger partial charge >= 0.3 is 0 Å². The first-order valence-corrected chi connectivity index (χ1v) is 7.91. The average molecular weight is 388 g/mol. The van der Waals surface area contributed by atoms with Crippen LogP contribution in [0.5, 0.6) is 11.5 Å². The van der Waals surface area contributed by atoms with E-state index in [0.29, 0.717) is 11.3 Å². The first-order chi connectivity index (χ1) is 12.4. The van der Waals surface area contributed by atoms with Crippen LogP contribution in [0.1, 0.15) is 5.56 Å². The zero-order valence-electron chi connectivity index (χ0n) is 13.2. The number of anilines is 1. The number of amides is 1. The quantitative estimate of drug-likeness (QED) is 0.455. The van der Waals surface area contributed by atoms with Crippen LogP contribution in [0.4, 0.5) is 5.69 Å². The van der Waals surface area contributed by atoms with Gasteiger partial charge in [0.2, 0.25) is 0 Å². The van der Waals surface area contributed by atoms with Crippen molar-refractivity contribution in [2.24, 2.45) is 0 Å². The molecule has 0 atom stereocenters. The fraction of sp³-hybridized carbons (Fsp3) is 0.0556. The van der Waals surface area contributed by atoms with E-state index in [1.54, 1.807) is 6.07 Å². The molecule has 0 bridgehead atoms. The molecule has 2 aromatic carbocycles. The molecule has 0 radical (unpaired) electrons. The van der Waals surface area contributed by atoms with Gasteiger partial charge in [0.25, 0.3) is 5.91 Å². The van der Waals surface area contributed by atoms with E-state index < -0.39 is 5.91 Å². The summed E-state index contributed by atoms with van der Waals surface area (Å²) in [4.78, 5) is 12.2. The summed E-state index contributed by atoms with van der Waals surface area (Å²) in [7, 11) is 0. The van der Waals surface area contributed by atoms with Gasteiger partial charge in [0.05, 0.1) is 10.0 Å². The lowest BCUT2D eigenvalue weighted by atomic mass is 10.1. The van der Waals surface area contributed by atoms with Crippen LogP contribution in [0.15, 0.2) is 42.0 Å². The van der Waals surface area contributed by atoms with Crippen LogP contribution in [0.3, 0.4) is 0 Å². The van der Waals surface area contributed by atoms with Crippen molar-refractivity contribution in [2.45, 2.75) is 0 Å². The third-order valence-corrected chi connectivity index (χ3v) is 3.66. The van der Waals surface area contributed by atoms with Crippen LogP contribution in [-0.2, 0) is 4.79 Å². The molecule has 0 aliphatic carbocycles. The van der Waals surface area contributed by atoms with E-state index in [9.17, 15) is 15.2 Å². The number of nitrogens with one attached hydrogen (secondary N) is 1. The van der Waals surface area contributed by atoms with Crippen molar-refractivity contribution in [2.75, 3.05) is 11.9 Å². The van der Waals surface area contributed by atoms with E-state index in [4.69, 9.17) is 33.2 Å². The summed E-state index contributed by atoms with van der Waals surface area (Å²) < 4.78 is 5.13. The Morgan fingerprint density at radius 1 is 1.19 bits per heavy atom. The number of hydrogen-bond acceptors (Lipinski definition) is 5. The normalized spacial score (nSPS) is 10.5. The largest absolute Gasteiger partial charge is 0.508 e. The molecular weight excluding hydrogens is 377 g/mol. The Kier molecular flexibility index (Phi) is 6.46. The molecule has 0 saturated heterocycles. The van der Waals surface area contributed by atoms with Crippen LogP contribution < -0.4 is 10.1 Å². The standard InChI is InChI=1S/C18H11Cl2N3O3/c19-15-8-11(9-16(20)17(15)26-6-5-21)7-12(10-22)18(25)23-13-1-3-14(24)4-2-13/h1-4,7-9,24H,6H2,(H,23,25)/b12-7+. The molecule has 2 N–H and O–H groups in total. The minimum atomic E-state index is -0.629. The summed E-state index contributed by atoms with van der Waals surface area (Å²) in [5.41, 5.74) is 0.669. The number of nitrogens with zero attached hydrogens (tertiary/aromatic N) is 2. The zero-order valence-corrected chi connectivity index (χ0v) is 14.7. The molecule has 0 spiro atoms. The Labute approximate surface area is 159 Å². The Morgan fingerprint density at radius 2 is 1.81 bits per heavy atom. The molecule has 26 heavy (non-hydrogen) atoms. The van der Waals surface area contributed by atoms with Crippen molar-refractivity contribution < 1.29 is 14.6 Å². The fourth-order valence-electron chi connectivity index (χ4n) is 1.96. The monoisotopic (exact) mass is 387 g/mol. The highest BCUT2D eigenvalue weighted by Crippen LogP contribution is 2.34. The van der Waals surface area contributed by atoms with Crippen LogP contribution >= 0.6 is 23.2 Å². The molecule has 0 fully saturated rings. The molecule has 1 amide bonds. The molecule has 0 unspecified atom stereocenters. The molecular formula is C18H11Cl2N3O3. The molecule has 2 rings (SSSR count). The predicted molar refractivity (Wildman–Crippen MR) is 97.9 cm³/mol. The van der Waals surface area contributed by atoms with Gasteiger partial charge in [-0.25, -0.2) is 0 Å². The van der Waals surface area contributed by atoms with Gasteiger partial charge < -0.3 is 15.2 Å². The second-order valence-electron chi connectivity index (χ2n) is 4.93. The van der Waals surface area contributed by atoms with Crippen LogP contribution in [0, 0.1) is 22.7 Å². The molecule has 2 aromatic rings. The molecule has 0 aromatic heterocycles. The maximum atomic E-state index is 12.2. The van der Waals surface area contributed by atoms with Crippen LogP contribution in [0.2, 0.25) is 10.0 Å². The van der Waals surface area contributed by atoms with Crippen molar-refractivity contribution in [3.8, 4) is 23.6 Å². The van der Waals surface area contributed by atoms with Crippen LogP contribution in [-0.4, -0.2) is 17.6 Å². The van der Waals surface area contributed by atoms with Gasteiger partial charge in [0.1, 0.15) is 23.5 Å². The molecule has 0 aliphatic rings. The summed E-state index contributed by atoms with van der Waals surface area (Å²) in [6, 6.07) is 12.4. The van der Waals surface area contributed by atoms with Crippen molar-refractivity contribution >= 4 is 40.9 Å². The first kappa shape index (κ1) is 19.1. The number of nitriles is 2. The summed E-state index contributed by atoms with van der Waals surface area (Å²) in [6.07, 6.45) is 1.32. The SMILES string of the molecule is N#CCOc1c(Cl)cc(/C=C(\C#N)C(=O)Nc2ccc(O)cc2)cc1Cl. The number of phenols is 1. The molecule has 0 saturated carbocycles. The lowest BCUT2D eigenvalue weighted by molar-refractivity contribution is -0.112. The van der Waals surface area contributed by atoms with Gasteiger partial charge in [0.15, 0.2) is 12.4 Å². The van der Waals surface area contributed by atoms with E-state index in [0.717, 1.165) is 0 Å². The number of rotatable bonds is 5. The van der Waals surface area contributed by atoms with E-state index in [-0.39, 0.29) is 33.7 Å². The Hall–Kier alpha value is -3.19. The topological polar surface area (TPSA) is 106 Å². The van der Waals surface area contributed by atoms with Crippen molar-refractivity contribution in [1.29, 1.82) is 10.5 Å². The minimum absolute atomic E-state index is 0.0574. The molecule has 8 heteroatoms. The maximum Gasteiger partial charge on any atom is 0.266 e. The van der Waals surface area contributed by atoms with Gasteiger partial charge in [-0.2, -0.15) is 10.5 Å². The van der Waals surface area contributed by atoms with Gasteiger partial charge in [-0.05, 0) is 48.0 Å². The van der Waals surface area contributed by atoms with E-state index in [2.05, 4.69) is 5.32 Å². The highest BCUT2D eigenvalue weighted by atomic mass is 35.5. The van der Waals surface area contributed by atoms with E-state index in [1.807, 2.05) is 6.07 Å². The third-order valence-electron chi connectivity index (χ3n) is 3.10. The van der Waals surface area contributed by atoms with E-state index >= 15 is 0 Å². The molecule has 0 heterocycles. The van der Waals surface area contributed by atoms with Crippen LogP contribution in [0.25, 0.3) is 6.08 Å². The Morgan fingerprint density at radius 3 is 2.35 bits per heavy atom. The Balaban J connectivity index is 2.25. The average Bonchev–Trinajstić information content (AvgIpc) is 2.61. The predicted octanol–water partition coefficient (Wildman–Crippen LogP) is 4.15. The van der Waals surface area contributed by atoms with Gasteiger partial charge in [-0.15, -0.1) is 0 Å².